The number of ether oxygens (including phenoxy) is 1. The molecular formula is C8H15NO. The lowest BCUT2D eigenvalue weighted by molar-refractivity contribution is 0.0256. The minimum absolute atomic E-state index is 0.376. The third kappa shape index (κ3) is 2.12. The van der Waals surface area contributed by atoms with E-state index in [4.69, 9.17) is 4.74 Å². The van der Waals surface area contributed by atoms with E-state index in [0.29, 0.717) is 12.1 Å². The Morgan fingerprint density at radius 2 is 2.40 bits per heavy atom. The standard InChI is InChI=1S/C8H15NO/c1-3-4-8-6-10-7(2)5-9-8/h3-4,7-9H,5-6H2,1-2H3/b4-3+. The van der Waals surface area contributed by atoms with Crippen molar-refractivity contribution in [1.82, 2.24) is 5.32 Å². The molecule has 0 aromatic carbocycles. The zero-order valence-electron chi connectivity index (χ0n) is 6.63. The van der Waals surface area contributed by atoms with E-state index in [9.17, 15) is 0 Å². The number of hydrogen-bond acceptors (Lipinski definition) is 2. The van der Waals surface area contributed by atoms with Gasteiger partial charge >= 0.3 is 0 Å². The van der Waals surface area contributed by atoms with E-state index in [2.05, 4.69) is 24.4 Å². The third-order valence-electron chi connectivity index (χ3n) is 1.65. The summed E-state index contributed by atoms with van der Waals surface area (Å²) in [5.41, 5.74) is 0. The van der Waals surface area contributed by atoms with Gasteiger partial charge in [0.1, 0.15) is 0 Å². The number of rotatable bonds is 1. The van der Waals surface area contributed by atoms with Gasteiger partial charge in [0.25, 0.3) is 0 Å². The van der Waals surface area contributed by atoms with Crippen molar-refractivity contribution in [2.24, 2.45) is 0 Å². The van der Waals surface area contributed by atoms with Crippen molar-refractivity contribution in [1.29, 1.82) is 0 Å². The van der Waals surface area contributed by atoms with Gasteiger partial charge in [-0.3, -0.25) is 0 Å². The minimum Gasteiger partial charge on any atom is -0.375 e. The molecule has 0 aromatic rings. The zero-order valence-corrected chi connectivity index (χ0v) is 6.63. The SMILES string of the molecule is C/C=C/C1COC(C)CN1. The molecule has 1 aliphatic heterocycles. The predicted molar refractivity (Wildman–Crippen MR) is 42.0 cm³/mol. The summed E-state index contributed by atoms with van der Waals surface area (Å²) < 4.78 is 5.43. The first-order chi connectivity index (χ1) is 4.83. The number of hydrogen-bond donors (Lipinski definition) is 1. The maximum atomic E-state index is 5.43. The highest BCUT2D eigenvalue weighted by molar-refractivity contribution is 4.93. The van der Waals surface area contributed by atoms with Gasteiger partial charge in [0, 0.05) is 12.6 Å². The minimum atomic E-state index is 0.376. The molecule has 0 bridgehead atoms. The van der Waals surface area contributed by atoms with Gasteiger partial charge in [-0.1, -0.05) is 12.2 Å². The van der Waals surface area contributed by atoms with E-state index in [-0.39, 0.29) is 0 Å². The molecular weight excluding hydrogens is 126 g/mol. The number of morpholine rings is 1. The average molecular weight is 141 g/mol. The van der Waals surface area contributed by atoms with Gasteiger partial charge in [0.15, 0.2) is 0 Å². The van der Waals surface area contributed by atoms with Crippen molar-refractivity contribution < 1.29 is 4.74 Å². The van der Waals surface area contributed by atoms with Crippen molar-refractivity contribution in [3.05, 3.63) is 12.2 Å². The van der Waals surface area contributed by atoms with E-state index < -0.39 is 0 Å². The monoisotopic (exact) mass is 141 g/mol. The lowest BCUT2D eigenvalue weighted by Gasteiger charge is -2.26. The molecule has 1 N–H and O–H groups in total. The van der Waals surface area contributed by atoms with Crippen LogP contribution in [0, 0.1) is 0 Å². The smallest absolute Gasteiger partial charge is 0.0672 e. The van der Waals surface area contributed by atoms with Crippen molar-refractivity contribution in [2.75, 3.05) is 13.2 Å². The Hall–Kier alpha value is -0.340. The molecule has 2 atom stereocenters. The Bertz CT molecular complexity index is 114. The summed E-state index contributed by atoms with van der Waals surface area (Å²) >= 11 is 0. The molecule has 0 aromatic heterocycles. The summed E-state index contributed by atoms with van der Waals surface area (Å²) in [6.07, 6.45) is 4.56. The Balaban J connectivity index is 2.26. The Labute approximate surface area is 62.3 Å². The molecule has 2 unspecified atom stereocenters. The van der Waals surface area contributed by atoms with Crippen molar-refractivity contribution in [3.8, 4) is 0 Å². The second-order valence-electron chi connectivity index (χ2n) is 2.68. The van der Waals surface area contributed by atoms with Gasteiger partial charge in [0.2, 0.25) is 0 Å². The van der Waals surface area contributed by atoms with Crippen LogP contribution in [-0.2, 0) is 4.74 Å². The van der Waals surface area contributed by atoms with Crippen LogP contribution in [0.2, 0.25) is 0 Å². The largest absolute Gasteiger partial charge is 0.375 e. The van der Waals surface area contributed by atoms with E-state index in [1.54, 1.807) is 0 Å². The number of nitrogens with one attached hydrogen (secondary N) is 1. The van der Waals surface area contributed by atoms with Crippen LogP contribution in [0.1, 0.15) is 13.8 Å². The number of allylic oxidation sites excluding steroid dienone is 1. The molecule has 2 nitrogen and oxygen atoms in total. The molecule has 0 aliphatic carbocycles. The molecule has 1 heterocycles. The van der Waals surface area contributed by atoms with E-state index in [0.717, 1.165) is 13.2 Å². The molecule has 2 heteroatoms. The van der Waals surface area contributed by atoms with Gasteiger partial charge in [-0.15, -0.1) is 0 Å². The molecule has 1 fully saturated rings. The van der Waals surface area contributed by atoms with Gasteiger partial charge in [0.05, 0.1) is 12.7 Å². The zero-order chi connectivity index (χ0) is 7.40. The second kappa shape index (κ2) is 3.74. The van der Waals surface area contributed by atoms with Crippen LogP contribution in [0.3, 0.4) is 0 Å². The average Bonchev–Trinajstić information content (AvgIpc) is 1.95. The molecule has 1 aliphatic rings. The fraction of sp³-hybridized carbons (Fsp3) is 0.750. The Kier molecular flexibility index (Phi) is 2.90. The summed E-state index contributed by atoms with van der Waals surface area (Å²) in [5.74, 6) is 0. The van der Waals surface area contributed by atoms with Gasteiger partial charge < -0.3 is 10.1 Å². The topological polar surface area (TPSA) is 21.3 Å². The first kappa shape index (κ1) is 7.76. The van der Waals surface area contributed by atoms with E-state index in [1.807, 2.05) is 6.92 Å². The van der Waals surface area contributed by atoms with Gasteiger partial charge in [-0.2, -0.15) is 0 Å². The Morgan fingerprint density at radius 1 is 1.60 bits per heavy atom. The highest BCUT2D eigenvalue weighted by Gasteiger charge is 2.13. The lowest BCUT2D eigenvalue weighted by Crippen LogP contribution is -2.44. The third-order valence-corrected chi connectivity index (χ3v) is 1.65. The van der Waals surface area contributed by atoms with Crippen LogP contribution >= 0.6 is 0 Å². The highest BCUT2D eigenvalue weighted by atomic mass is 16.5. The lowest BCUT2D eigenvalue weighted by atomic mass is 10.2. The molecule has 58 valence electrons. The van der Waals surface area contributed by atoms with Crippen molar-refractivity contribution >= 4 is 0 Å². The maximum absolute atomic E-state index is 5.43. The summed E-state index contributed by atoms with van der Waals surface area (Å²) in [6, 6.07) is 0.432. The fourth-order valence-electron chi connectivity index (χ4n) is 1.06. The summed E-state index contributed by atoms with van der Waals surface area (Å²) in [5, 5.41) is 3.36. The second-order valence-corrected chi connectivity index (χ2v) is 2.68. The quantitative estimate of drug-likeness (QED) is 0.549. The molecule has 0 spiro atoms. The molecule has 0 amide bonds. The maximum Gasteiger partial charge on any atom is 0.0672 e. The summed E-state index contributed by atoms with van der Waals surface area (Å²) in [6.45, 7) is 5.89. The molecule has 0 saturated carbocycles. The molecule has 0 radical (unpaired) electrons. The van der Waals surface area contributed by atoms with Gasteiger partial charge in [-0.05, 0) is 13.8 Å². The van der Waals surface area contributed by atoms with Crippen molar-refractivity contribution in [2.45, 2.75) is 26.0 Å². The van der Waals surface area contributed by atoms with E-state index in [1.165, 1.54) is 0 Å². The summed E-state index contributed by atoms with van der Waals surface area (Å²) in [7, 11) is 0. The highest BCUT2D eigenvalue weighted by Crippen LogP contribution is 2.00. The molecule has 1 rings (SSSR count). The van der Waals surface area contributed by atoms with Crippen LogP contribution < -0.4 is 5.32 Å². The fourth-order valence-corrected chi connectivity index (χ4v) is 1.06. The van der Waals surface area contributed by atoms with Crippen LogP contribution in [0.25, 0.3) is 0 Å². The van der Waals surface area contributed by atoms with Crippen molar-refractivity contribution in [3.63, 3.8) is 0 Å². The first-order valence-corrected chi connectivity index (χ1v) is 3.80. The predicted octanol–water partition coefficient (Wildman–Crippen LogP) is 0.939. The summed E-state index contributed by atoms with van der Waals surface area (Å²) in [4.78, 5) is 0. The van der Waals surface area contributed by atoms with E-state index >= 15 is 0 Å². The van der Waals surface area contributed by atoms with Gasteiger partial charge in [-0.25, -0.2) is 0 Å². The normalized spacial score (nSPS) is 35.0. The Morgan fingerprint density at radius 3 is 2.90 bits per heavy atom. The molecule has 10 heavy (non-hydrogen) atoms. The van der Waals surface area contributed by atoms with Crippen LogP contribution in [0.4, 0.5) is 0 Å². The van der Waals surface area contributed by atoms with Crippen LogP contribution in [0.15, 0.2) is 12.2 Å². The first-order valence-electron chi connectivity index (χ1n) is 3.80. The van der Waals surface area contributed by atoms with Crippen LogP contribution in [-0.4, -0.2) is 25.3 Å². The van der Waals surface area contributed by atoms with Crippen LogP contribution in [0.5, 0.6) is 0 Å². The molecule has 1 saturated heterocycles.